The standard InChI is InChI=1S/C15H22ClN/c1-17(12-11-16)15-9-7-14(8-10-15)13-5-3-2-4-6-13/h7-10,13H,2-6,11-12H2,1H3. The van der Waals surface area contributed by atoms with Crippen molar-refractivity contribution >= 4 is 17.3 Å². The van der Waals surface area contributed by atoms with Crippen molar-refractivity contribution in [2.45, 2.75) is 38.0 Å². The maximum atomic E-state index is 5.76. The minimum absolute atomic E-state index is 0.681. The molecular weight excluding hydrogens is 230 g/mol. The van der Waals surface area contributed by atoms with E-state index in [1.54, 1.807) is 0 Å². The minimum atomic E-state index is 0.681. The maximum Gasteiger partial charge on any atom is 0.0399 e. The Labute approximate surface area is 110 Å². The largest absolute Gasteiger partial charge is 0.373 e. The van der Waals surface area contributed by atoms with Gasteiger partial charge >= 0.3 is 0 Å². The summed E-state index contributed by atoms with van der Waals surface area (Å²) in [5, 5.41) is 0. The fourth-order valence-corrected chi connectivity index (χ4v) is 2.95. The van der Waals surface area contributed by atoms with Gasteiger partial charge in [-0.3, -0.25) is 0 Å². The Bertz CT molecular complexity index is 327. The number of rotatable bonds is 4. The van der Waals surface area contributed by atoms with Crippen LogP contribution < -0.4 is 4.90 Å². The SMILES string of the molecule is CN(CCCl)c1ccc(C2CCCCC2)cc1. The molecule has 1 saturated carbocycles. The van der Waals surface area contributed by atoms with Crippen LogP contribution in [0.25, 0.3) is 0 Å². The van der Waals surface area contributed by atoms with Crippen LogP contribution in [0, 0.1) is 0 Å². The molecule has 0 bridgehead atoms. The molecule has 0 aromatic heterocycles. The average Bonchev–Trinajstić information content (AvgIpc) is 2.40. The molecule has 1 aromatic carbocycles. The van der Waals surface area contributed by atoms with Gasteiger partial charge in [0.25, 0.3) is 0 Å². The van der Waals surface area contributed by atoms with E-state index in [1.165, 1.54) is 43.4 Å². The third kappa shape index (κ3) is 3.38. The van der Waals surface area contributed by atoms with E-state index in [2.05, 4.69) is 36.2 Å². The molecule has 17 heavy (non-hydrogen) atoms. The first-order valence-electron chi connectivity index (χ1n) is 6.68. The molecule has 0 spiro atoms. The summed E-state index contributed by atoms with van der Waals surface area (Å²) in [6.07, 6.45) is 6.97. The van der Waals surface area contributed by atoms with Crippen LogP contribution in [-0.4, -0.2) is 19.5 Å². The van der Waals surface area contributed by atoms with E-state index >= 15 is 0 Å². The second-order valence-corrected chi connectivity index (χ2v) is 5.41. The Kier molecular flexibility index (Phi) is 4.73. The lowest BCUT2D eigenvalue weighted by Gasteiger charge is -2.23. The molecule has 0 saturated heterocycles. The van der Waals surface area contributed by atoms with Gasteiger partial charge in [-0.25, -0.2) is 0 Å². The minimum Gasteiger partial charge on any atom is -0.373 e. The van der Waals surface area contributed by atoms with Crippen LogP contribution in [0.2, 0.25) is 0 Å². The smallest absolute Gasteiger partial charge is 0.0399 e. The van der Waals surface area contributed by atoms with Gasteiger partial charge < -0.3 is 4.90 Å². The van der Waals surface area contributed by atoms with Gasteiger partial charge in [0, 0.05) is 25.2 Å². The van der Waals surface area contributed by atoms with Gasteiger partial charge in [0.2, 0.25) is 0 Å². The van der Waals surface area contributed by atoms with Gasteiger partial charge in [-0.1, -0.05) is 31.4 Å². The van der Waals surface area contributed by atoms with E-state index in [4.69, 9.17) is 11.6 Å². The highest BCUT2D eigenvalue weighted by Gasteiger charge is 2.15. The first-order chi connectivity index (χ1) is 8.31. The van der Waals surface area contributed by atoms with Crippen LogP contribution in [0.5, 0.6) is 0 Å². The molecule has 0 heterocycles. The van der Waals surface area contributed by atoms with Gasteiger partial charge in [0.1, 0.15) is 0 Å². The molecule has 0 radical (unpaired) electrons. The summed E-state index contributed by atoms with van der Waals surface area (Å²) in [7, 11) is 2.10. The summed E-state index contributed by atoms with van der Waals surface area (Å²) in [5.41, 5.74) is 2.79. The summed E-state index contributed by atoms with van der Waals surface area (Å²) in [6.45, 7) is 0.907. The number of hydrogen-bond donors (Lipinski definition) is 0. The number of nitrogens with zero attached hydrogens (tertiary/aromatic N) is 1. The maximum absolute atomic E-state index is 5.76. The van der Waals surface area contributed by atoms with Crippen LogP contribution in [-0.2, 0) is 0 Å². The molecule has 0 atom stereocenters. The lowest BCUT2D eigenvalue weighted by molar-refractivity contribution is 0.443. The Morgan fingerprint density at radius 2 is 1.76 bits per heavy atom. The fourth-order valence-electron chi connectivity index (χ4n) is 2.69. The first kappa shape index (κ1) is 12.8. The molecule has 94 valence electrons. The monoisotopic (exact) mass is 251 g/mol. The van der Waals surface area contributed by atoms with Crippen molar-refractivity contribution < 1.29 is 0 Å². The molecule has 0 amide bonds. The molecular formula is C15H22ClN. The van der Waals surface area contributed by atoms with Crippen LogP contribution in [0.4, 0.5) is 5.69 Å². The van der Waals surface area contributed by atoms with E-state index in [0.29, 0.717) is 5.88 Å². The van der Waals surface area contributed by atoms with Crippen LogP contribution in [0.3, 0.4) is 0 Å². The third-order valence-corrected chi connectivity index (χ3v) is 4.00. The lowest BCUT2D eigenvalue weighted by atomic mass is 9.84. The Morgan fingerprint density at radius 1 is 1.12 bits per heavy atom. The normalized spacial score (nSPS) is 17.1. The zero-order valence-electron chi connectivity index (χ0n) is 10.7. The summed E-state index contributed by atoms with van der Waals surface area (Å²) < 4.78 is 0. The van der Waals surface area contributed by atoms with Gasteiger partial charge in [-0.15, -0.1) is 11.6 Å². The molecule has 0 aliphatic heterocycles. The van der Waals surface area contributed by atoms with Crippen molar-refractivity contribution in [3.05, 3.63) is 29.8 Å². The highest BCUT2D eigenvalue weighted by Crippen LogP contribution is 2.33. The second-order valence-electron chi connectivity index (χ2n) is 5.04. The number of alkyl halides is 1. The van der Waals surface area contributed by atoms with Crippen molar-refractivity contribution in [2.24, 2.45) is 0 Å². The molecule has 2 rings (SSSR count). The quantitative estimate of drug-likeness (QED) is 0.717. The van der Waals surface area contributed by atoms with E-state index in [9.17, 15) is 0 Å². The number of halogens is 1. The van der Waals surface area contributed by atoms with E-state index in [-0.39, 0.29) is 0 Å². The van der Waals surface area contributed by atoms with E-state index < -0.39 is 0 Å². The molecule has 1 aliphatic carbocycles. The zero-order chi connectivity index (χ0) is 12.1. The number of hydrogen-bond acceptors (Lipinski definition) is 1. The average molecular weight is 252 g/mol. The topological polar surface area (TPSA) is 3.24 Å². The van der Waals surface area contributed by atoms with Crippen molar-refractivity contribution in [1.29, 1.82) is 0 Å². The van der Waals surface area contributed by atoms with Gasteiger partial charge in [0.15, 0.2) is 0 Å². The number of anilines is 1. The van der Waals surface area contributed by atoms with Crippen molar-refractivity contribution in [3.8, 4) is 0 Å². The molecule has 1 aromatic rings. The van der Waals surface area contributed by atoms with E-state index in [0.717, 1.165) is 12.5 Å². The van der Waals surface area contributed by atoms with Crippen LogP contribution >= 0.6 is 11.6 Å². The summed E-state index contributed by atoms with van der Waals surface area (Å²) in [4.78, 5) is 2.21. The van der Waals surface area contributed by atoms with Crippen molar-refractivity contribution in [3.63, 3.8) is 0 Å². The van der Waals surface area contributed by atoms with Crippen molar-refractivity contribution in [1.82, 2.24) is 0 Å². The summed E-state index contributed by atoms with van der Waals surface area (Å²) in [5.74, 6) is 1.48. The molecule has 1 fully saturated rings. The molecule has 2 heteroatoms. The first-order valence-corrected chi connectivity index (χ1v) is 7.22. The highest BCUT2D eigenvalue weighted by atomic mass is 35.5. The molecule has 0 unspecified atom stereocenters. The second kappa shape index (κ2) is 6.30. The predicted octanol–water partition coefficient (Wildman–Crippen LogP) is 4.41. The lowest BCUT2D eigenvalue weighted by Crippen LogP contribution is -2.19. The molecule has 0 N–H and O–H groups in total. The zero-order valence-corrected chi connectivity index (χ0v) is 11.4. The van der Waals surface area contributed by atoms with Crippen molar-refractivity contribution in [2.75, 3.05) is 24.4 Å². The van der Waals surface area contributed by atoms with Crippen LogP contribution in [0.15, 0.2) is 24.3 Å². The fraction of sp³-hybridized carbons (Fsp3) is 0.600. The predicted molar refractivity (Wildman–Crippen MR) is 76.3 cm³/mol. The van der Waals surface area contributed by atoms with Gasteiger partial charge in [-0.2, -0.15) is 0 Å². The van der Waals surface area contributed by atoms with Crippen LogP contribution in [0.1, 0.15) is 43.6 Å². The summed E-state index contributed by atoms with van der Waals surface area (Å²) >= 11 is 5.76. The molecule has 1 aliphatic rings. The summed E-state index contributed by atoms with van der Waals surface area (Å²) in [6, 6.07) is 9.07. The number of benzene rings is 1. The van der Waals surface area contributed by atoms with Gasteiger partial charge in [0.05, 0.1) is 0 Å². The third-order valence-electron chi connectivity index (χ3n) is 3.83. The van der Waals surface area contributed by atoms with Gasteiger partial charge in [-0.05, 0) is 36.5 Å². The highest BCUT2D eigenvalue weighted by molar-refractivity contribution is 6.18. The Hall–Kier alpha value is -0.690. The van der Waals surface area contributed by atoms with E-state index in [1.807, 2.05) is 0 Å². The molecule has 1 nitrogen and oxygen atoms in total. The Balaban J connectivity index is 2.01. The Morgan fingerprint density at radius 3 is 2.35 bits per heavy atom.